The summed E-state index contributed by atoms with van der Waals surface area (Å²) in [5.41, 5.74) is 13.7. The minimum atomic E-state index is -0.419. The van der Waals surface area contributed by atoms with Crippen molar-refractivity contribution in [2.24, 2.45) is 22.4 Å². The van der Waals surface area contributed by atoms with E-state index in [1.54, 1.807) is 13.3 Å². The standard InChI is InChI=1S/C24H34N6O2/c1-16(2)24(4,20-8-6-18(7-9-20)19(14-25)15-27-17(3)26)22-28-23(32-29-22)30-12-10-21(31-5)11-13-30/h6-9,14-16,21H,3,10-13,25-26H2,1-2,4-5H3/b19-14+,27-15-. The first-order valence-corrected chi connectivity index (χ1v) is 10.9. The van der Waals surface area contributed by atoms with E-state index in [1.165, 1.54) is 6.20 Å². The first-order valence-electron chi connectivity index (χ1n) is 10.9. The average Bonchev–Trinajstić information content (AvgIpc) is 3.30. The fraction of sp³-hybridized carbons (Fsp3) is 0.458. The molecular weight excluding hydrogens is 404 g/mol. The number of aliphatic imine (C=N–C) groups is 1. The van der Waals surface area contributed by atoms with Gasteiger partial charge in [-0.3, -0.25) is 0 Å². The fourth-order valence-electron chi connectivity index (χ4n) is 3.93. The Morgan fingerprint density at radius 1 is 1.31 bits per heavy atom. The molecule has 1 unspecified atom stereocenters. The number of allylic oxidation sites excluding steroid dienone is 1. The minimum absolute atomic E-state index is 0.229. The number of hydrogen-bond donors (Lipinski definition) is 2. The molecule has 1 fully saturated rings. The third kappa shape index (κ3) is 4.85. The van der Waals surface area contributed by atoms with Crippen LogP contribution in [0.3, 0.4) is 0 Å². The number of rotatable bonds is 8. The van der Waals surface area contributed by atoms with Crippen LogP contribution in [-0.4, -0.2) is 42.7 Å². The molecule has 0 spiro atoms. The van der Waals surface area contributed by atoms with Crippen LogP contribution in [0.15, 0.2) is 52.4 Å². The van der Waals surface area contributed by atoms with Gasteiger partial charge in [-0.2, -0.15) is 4.98 Å². The van der Waals surface area contributed by atoms with E-state index in [0.717, 1.165) is 42.6 Å². The lowest BCUT2D eigenvalue weighted by Gasteiger charge is -2.31. The Bertz CT molecular complexity index is 971. The van der Waals surface area contributed by atoms with Crippen molar-refractivity contribution in [3.05, 3.63) is 59.8 Å². The van der Waals surface area contributed by atoms with Gasteiger partial charge in [0, 0.05) is 38.2 Å². The summed E-state index contributed by atoms with van der Waals surface area (Å²) in [6, 6.07) is 8.74. The quantitative estimate of drug-likeness (QED) is 0.606. The van der Waals surface area contributed by atoms with E-state index in [1.807, 2.05) is 12.1 Å². The molecule has 1 aliphatic rings. The zero-order chi connectivity index (χ0) is 23.3. The topological polar surface area (TPSA) is 116 Å². The van der Waals surface area contributed by atoms with Gasteiger partial charge in [0.1, 0.15) is 5.82 Å². The number of nitrogens with two attached hydrogens (primary N) is 2. The maximum atomic E-state index is 5.78. The largest absolute Gasteiger partial charge is 0.404 e. The van der Waals surface area contributed by atoms with Gasteiger partial charge in [0.25, 0.3) is 0 Å². The molecule has 1 aliphatic heterocycles. The predicted octanol–water partition coefficient (Wildman–Crippen LogP) is 3.45. The predicted molar refractivity (Wildman–Crippen MR) is 128 cm³/mol. The summed E-state index contributed by atoms with van der Waals surface area (Å²) in [6.45, 7) is 11.8. The molecule has 0 aliphatic carbocycles. The normalized spacial score (nSPS) is 17.8. The van der Waals surface area contributed by atoms with E-state index in [-0.39, 0.29) is 11.7 Å². The average molecular weight is 439 g/mol. The fourth-order valence-corrected chi connectivity index (χ4v) is 3.93. The van der Waals surface area contributed by atoms with Gasteiger partial charge in [-0.05, 0) is 36.8 Å². The van der Waals surface area contributed by atoms with Crippen LogP contribution in [0.2, 0.25) is 0 Å². The Balaban J connectivity index is 1.86. The molecule has 0 radical (unpaired) electrons. The zero-order valence-electron chi connectivity index (χ0n) is 19.4. The molecule has 1 atom stereocenters. The molecule has 8 heteroatoms. The van der Waals surface area contributed by atoms with Crippen LogP contribution in [0, 0.1) is 5.92 Å². The van der Waals surface area contributed by atoms with Crippen LogP contribution in [0.25, 0.3) is 5.57 Å². The van der Waals surface area contributed by atoms with E-state index < -0.39 is 5.41 Å². The summed E-state index contributed by atoms with van der Waals surface area (Å²) < 4.78 is 11.1. The van der Waals surface area contributed by atoms with E-state index in [0.29, 0.717) is 17.9 Å². The molecule has 3 rings (SSSR count). The van der Waals surface area contributed by atoms with Crippen LogP contribution >= 0.6 is 0 Å². The van der Waals surface area contributed by atoms with Gasteiger partial charge in [0.15, 0.2) is 5.82 Å². The third-order valence-electron chi connectivity index (χ3n) is 6.45. The number of methoxy groups -OCH3 is 1. The van der Waals surface area contributed by atoms with Crippen molar-refractivity contribution in [1.29, 1.82) is 0 Å². The van der Waals surface area contributed by atoms with Crippen LogP contribution in [0.5, 0.6) is 0 Å². The summed E-state index contributed by atoms with van der Waals surface area (Å²) in [6.07, 6.45) is 5.32. The second-order valence-electron chi connectivity index (χ2n) is 8.63. The molecule has 4 N–H and O–H groups in total. The first-order chi connectivity index (χ1) is 15.3. The Morgan fingerprint density at radius 3 is 2.50 bits per heavy atom. The smallest absolute Gasteiger partial charge is 0.324 e. The molecule has 1 aromatic carbocycles. The van der Waals surface area contributed by atoms with Gasteiger partial charge in [-0.15, -0.1) is 0 Å². The lowest BCUT2D eigenvalue weighted by atomic mass is 9.72. The molecule has 0 bridgehead atoms. The van der Waals surface area contributed by atoms with Crippen LogP contribution in [-0.2, 0) is 10.2 Å². The highest BCUT2D eigenvalue weighted by atomic mass is 16.5. The molecule has 1 aromatic heterocycles. The van der Waals surface area contributed by atoms with Crippen LogP contribution in [0.1, 0.15) is 50.6 Å². The van der Waals surface area contributed by atoms with Crippen molar-refractivity contribution in [1.82, 2.24) is 10.1 Å². The van der Waals surface area contributed by atoms with Gasteiger partial charge in [-0.25, -0.2) is 4.99 Å². The Labute approximate surface area is 190 Å². The number of benzene rings is 1. The molecule has 172 valence electrons. The maximum absolute atomic E-state index is 5.78. The van der Waals surface area contributed by atoms with Crippen LogP contribution < -0.4 is 16.4 Å². The lowest BCUT2D eigenvalue weighted by molar-refractivity contribution is 0.0808. The summed E-state index contributed by atoms with van der Waals surface area (Å²) >= 11 is 0. The first kappa shape index (κ1) is 23.5. The van der Waals surface area contributed by atoms with Gasteiger partial charge in [-0.1, -0.05) is 49.8 Å². The Kier molecular flexibility index (Phi) is 7.35. The lowest BCUT2D eigenvalue weighted by Crippen LogP contribution is -2.37. The number of ether oxygens (including phenoxy) is 1. The van der Waals surface area contributed by atoms with Crippen molar-refractivity contribution in [2.45, 2.75) is 45.1 Å². The number of hydrogen-bond acceptors (Lipinski definition) is 8. The van der Waals surface area contributed by atoms with E-state index in [4.69, 9.17) is 25.7 Å². The SMILES string of the molecule is C=C(N)/N=C\C(=C/N)c1ccc(C(C)(c2noc(N3CCC(OC)CC3)n2)C(C)C)cc1. The van der Waals surface area contributed by atoms with Gasteiger partial charge < -0.3 is 25.6 Å². The van der Waals surface area contributed by atoms with Gasteiger partial charge >= 0.3 is 6.01 Å². The monoisotopic (exact) mass is 438 g/mol. The highest BCUT2D eigenvalue weighted by Gasteiger charge is 2.38. The van der Waals surface area contributed by atoms with Crippen molar-refractivity contribution < 1.29 is 9.26 Å². The molecule has 8 nitrogen and oxygen atoms in total. The van der Waals surface area contributed by atoms with Crippen molar-refractivity contribution in [2.75, 3.05) is 25.1 Å². The van der Waals surface area contributed by atoms with Gasteiger partial charge in [0.2, 0.25) is 0 Å². The summed E-state index contributed by atoms with van der Waals surface area (Å²) in [4.78, 5) is 11.0. The summed E-state index contributed by atoms with van der Waals surface area (Å²) in [5, 5.41) is 4.39. The Morgan fingerprint density at radius 2 is 1.97 bits per heavy atom. The van der Waals surface area contributed by atoms with E-state index >= 15 is 0 Å². The van der Waals surface area contributed by atoms with Crippen LogP contribution in [0.4, 0.5) is 6.01 Å². The second-order valence-corrected chi connectivity index (χ2v) is 8.63. The number of aromatic nitrogens is 2. The van der Waals surface area contributed by atoms with Crippen molar-refractivity contribution >= 4 is 17.8 Å². The van der Waals surface area contributed by atoms with E-state index in [2.05, 4.69) is 54.5 Å². The third-order valence-corrected chi connectivity index (χ3v) is 6.45. The molecule has 32 heavy (non-hydrogen) atoms. The molecule has 0 amide bonds. The molecule has 1 saturated heterocycles. The highest BCUT2D eigenvalue weighted by molar-refractivity contribution is 6.09. The minimum Gasteiger partial charge on any atom is -0.404 e. The van der Waals surface area contributed by atoms with E-state index in [9.17, 15) is 0 Å². The summed E-state index contributed by atoms with van der Waals surface area (Å²) in [7, 11) is 1.76. The maximum Gasteiger partial charge on any atom is 0.324 e. The molecule has 2 heterocycles. The Hall–Kier alpha value is -3.13. The number of nitrogens with zero attached hydrogens (tertiary/aromatic N) is 4. The summed E-state index contributed by atoms with van der Waals surface area (Å²) in [5.74, 6) is 1.15. The number of piperidine rings is 1. The number of anilines is 1. The van der Waals surface area contributed by atoms with Crippen molar-refractivity contribution in [3.8, 4) is 0 Å². The van der Waals surface area contributed by atoms with Crippen molar-refractivity contribution in [3.63, 3.8) is 0 Å². The highest BCUT2D eigenvalue weighted by Crippen LogP contribution is 2.38. The van der Waals surface area contributed by atoms with Gasteiger partial charge in [0.05, 0.1) is 11.5 Å². The molecule has 2 aromatic rings. The second kappa shape index (κ2) is 9.99. The zero-order valence-corrected chi connectivity index (χ0v) is 19.4. The molecule has 0 saturated carbocycles. The molecular formula is C24H34N6O2.